The summed E-state index contributed by atoms with van der Waals surface area (Å²) in [6.45, 7) is 5.46. The molecule has 7 nitrogen and oxygen atoms in total. The second-order valence-corrected chi connectivity index (χ2v) is 11.8. The molecule has 1 heterocycles. The summed E-state index contributed by atoms with van der Waals surface area (Å²) >= 11 is 0. The zero-order valence-corrected chi connectivity index (χ0v) is 22.3. The van der Waals surface area contributed by atoms with Gasteiger partial charge in [0, 0.05) is 25.3 Å². The molecule has 2 amide bonds. The van der Waals surface area contributed by atoms with Crippen LogP contribution in [0, 0.1) is 17.2 Å². The minimum atomic E-state index is -0.700. The van der Waals surface area contributed by atoms with Crippen LogP contribution in [0.25, 0.3) is 11.1 Å². The topological polar surface area (TPSA) is 99.5 Å². The van der Waals surface area contributed by atoms with Crippen LogP contribution in [0.5, 0.6) is 0 Å². The van der Waals surface area contributed by atoms with Gasteiger partial charge in [-0.05, 0) is 80.2 Å². The van der Waals surface area contributed by atoms with E-state index in [0.717, 1.165) is 47.9 Å². The van der Waals surface area contributed by atoms with Gasteiger partial charge in [0.05, 0.1) is 6.07 Å². The molecule has 2 aliphatic carbocycles. The third kappa shape index (κ3) is 5.45. The molecule has 0 unspecified atom stereocenters. The standard InChI is InChI=1S/C31H35N3O4/c1-31(2,3)38-30(37)34-26-12-10-24(16-26)28(34)29(36)33-25(18-32)14-19-4-6-20(7-5-19)21-8-9-23-17-27(35)13-11-22(23)15-21/h4-9,15,24-26,28H,10-14,16-17H2,1-3H3,(H,33,36)/t24-,25-,26+,28-/m0/s1. The number of hydrogen-bond donors (Lipinski definition) is 1. The van der Waals surface area contributed by atoms with Gasteiger partial charge in [0.25, 0.3) is 0 Å². The zero-order chi connectivity index (χ0) is 27.0. The Morgan fingerprint density at radius 1 is 1.08 bits per heavy atom. The maximum absolute atomic E-state index is 13.3. The Morgan fingerprint density at radius 2 is 1.82 bits per heavy atom. The molecular weight excluding hydrogens is 478 g/mol. The molecule has 0 radical (unpaired) electrons. The first kappa shape index (κ1) is 26.0. The van der Waals surface area contributed by atoms with Crippen molar-refractivity contribution in [1.29, 1.82) is 5.26 Å². The van der Waals surface area contributed by atoms with Crippen molar-refractivity contribution in [3.05, 3.63) is 59.2 Å². The van der Waals surface area contributed by atoms with E-state index in [1.54, 1.807) is 4.90 Å². The lowest BCUT2D eigenvalue weighted by Gasteiger charge is -2.35. The SMILES string of the molecule is CC(C)(C)OC(=O)N1[C@@H]2CC[C@@H](C2)[C@H]1C(=O)N[C@H](C#N)Cc1ccc(-c2ccc3c(c2)CCC(=O)C3)cc1. The van der Waals surface area contributed by atoms with Gasteiger partial charge in [-0.15, -0.1) is 0 Å². The smallest absolute Gasteiger partial charge is 0.411 e. The lowest BCUT2D eigenvalue weighted by Crippen LogP contribution is -2.55. The molecule has 1 aliphatic heterocycles. The van der Waals surface area contributed by atoms with Gasteiger partial charge >= 0.3 is 6.09 Å². The summed E-state index contributed by atoms with van der Waals surface area (Å²) in [7, 11) is 0. The Hall–Kier alpha value is -3.66. The fraction of sp³-hybridized carbons (Fsp3) is 0.484. The van der Waals surface area contributed by atoms with E-state index in [1.807, 2.05) is 51.1 Å². The number of nitrogens with one attached hydrogen (secondary N) is 1. The molecule has 2 aromatic carbocycles. The minimum absolute atomic E-state index is 0.0164. The van der Waals surface area contributed by atoms with E-state index in [1.165, 1.54) is 5.56 Å². The maximum atomic E-state index is 13.3. The van der Waals surface area contributed by atoms with Gasteiger partial charge in [0.15, 0.2) is 0 Å². The second-order valence-electron chi connectivity index (χ2n) is 11.8. The highest BCUT2D eigenvalue weighted by molar-refractivity contribution is 5.88. The fourth-order valence-electron chi connectivity index (χ4n) is 6.14. The first-order chi connectivity index (χ1) is 18.1. The summed E-state index contributed by atoms with van der Waals surface area (Å²) in [5.74, 6) is 0.117. The number of ketones is 1. The van der Waals surface area contributed by atoms with E-state index in [9.17, 15) is 19.6 Å². The molecule has 3 aliphatic rings. The summed E-state index contributed by atoms with van der Waals surface area (Å²) < 4.78 is 5.59. The molecule has 1 saturated carbocycles. The van der Waals surface area contributed by atoms with Crippen LogP contribution in [0.15, 0.2) is 42.5 Å². The number of nitriles is 1. The fourth-order valence-corrected chi connectivity index (χ4v) is 6.14. The van der Waals surface area contributed by atoms with Crippen LogP contribution in [-0.4, -0.2) is 46.4 Å². The van der Waals surface area contributed by atoms with E-state index in [2.05, 4.69) is 23.5 Å². The third-order valence-electron chi connectivity index (χ3n) is 7.92. The number of aryl methyl sites for hydroxylation is 1. The number of amides is 2. The van der Waals surface area contributed by atoms with Crippen molar-refractivity contribution in [2.75, 3.05) is 0 Å². The first-order valence-electron chi connectivity index (χ1n) is 13.6. The number of hydrogen-bond acceptors (Lipinski definition) is 5. The number of Topliss-reactive ketones (excluding diaryl/α,β-unsaturated/α-hetero) is 1. The molecule has 198 valence electrons. The third-order valence-corrected chi connectivity index (χ3v) is 7.92. The van der Waals surface area contributed by atoms with Crippen molar-refractivity contribution in [2.45, 2.75) is 89.4 Å². The van der Waals surface area contributed by atoms with E-state index >= 15 is 0 Å². The molecule has 0 aromatic heterocycles. The minimum Gasteiger partial charge on any atom is -0.444 e. The van der Waals surface area contributed by atoms with Crippen LogP contribution in [0.1, 0.15) is 63.1 Å². The van der Waals surface area contributed by atoms with E-state index in [4.69, 9.17) is 4.74 Å². The van der Waals surface area contributed by atoms with Crippen molar-refractivity contribution in [1.82, 2.24) is 10.2 Å². The number of ether oxygens (including phenoxy) is 1. The molecule has 5 rings (SSSR count). The average molecular weight is 514 g/mol. The normalized spacial score (nSPS) is 22.9. The first-order valence-corrected chi connectivity index (χ1v) is 13.6. The lowest BCUT2D eigenvalue weighted by atomic mass is 9.88. The van der Waals surface area contributed by atoms with E-state index < -0.39 is 23.8 Å². The summed E-state index contributed by atoms with van der Waals surface area (Å²) in [4.78, 5) is 39.6. The average Bonchev–Trinajstić information content (AvgIpc) is 3.49. The number of carbonyl (C=O) groups excluding carboxylic acids is 3. The number of rotatable bonds is 5. The molecule has 2 fully saturated rings. The molecule has 7 heteroatoms. The van der Waals surface area contributed by atoms with Crippen molar-refractivity contribution in [3.8, 4) is 17.2 Å². The largest absolute Gasteiger partial charge is 0.444 e. The molecule has 2 bridgehead atoms. The van der Waals surface area contributed by atoms with Crippen LogP contribution < -0.4 is 5.32 Å². The van der Waals surface area contributed by atoms with Crippen LogP contribution in [-0.2, 0) is 33.6 Å². The zero-order valence-electron chi connectivity index (χ0n) is 22.3. The van der Waals surface area contributed by atoms with E-state index in [0.29, 0.717) is 25.0 Å². The highest BCUT2D eigenvalue weighted by Crippen LogP contribution is 2.43. The van der Waals surface area contributed by atoms with Gasteiger partial charge < -0.3 is 10.1 Å². The molecule has 0 spiro atoms. The van der Waals surface area contributed by atoms with Crippen molar-refractivity contribution >= 4 is 17.8 Å². The highest BCUT2D eigenvalue weighted by Gasteiger charge is 2.52. The van der Waals surface area contributed by atoms with Crippen molar-refractivity contribution < 1.29 is 19.1 Å². The van der Waals surface area contributed by atoms with Crippen LogP contribution in [0.3, 0.4) is 0 Å². The van der Waals surface area contributed by atoms with Crippen molar-refractivity contribution in [3.63, 3.8) is 0 Å². The second kappa shape index (κ2) is 10.2. The Labute approximate surface area is 224 Å². The molecular formula is C31H35N3O4. The Kier molecular flexibility index (Phi) is 7.00. The number of likely N-dealkylation sites (tertiary alicyclic amines) is 1. The van der Waals surface area contributed by atoms with Crippen LogP contribution in [0.4, 0.5) is 4.79 Å². The Bertz CT molecular complexity index is 1290. The Morgan fingerprint density at radius 3 is 2.53 bits per heavy atom. The number of fused-ring (bicyclic) bond motifs is 3. The highest BCUT2D eigenvalue weighted by atomic mass is 16.6. The summed E-state index contributed by atoms with van der Waals surface area (Å²) in [6.07, 6.45) is 4.42. The molecule has 4 atom stereocenters. The number of carbonyl (C=O) groups is 3. The van der Waals surface area contributed by atoms with Gasteiger partial charge in [0.2, 0.25) is 5.91 Å². The molecule has 2 aromatic rings. The molecule has 1 N–H and O–H groups in total. The summed E-state index contributed by atoms with van der Waals surface area (Å²) in [6, 6.07) is 15.2. The van der Waals surface area contributed by atoms with Crippen LogP contribution >= 0.6 is 0 Å². The van der Waals surface area contributed by atoms with Gasteiger partial charge in [-0.3, -0.25) is 14.5 Å². The van der Waals surface area contributed by atoms with Gasteiger partial charge in [-0.2, -0.15) is 5.26 Å². The lowest BCUT2D eigenvalue weighted by molar-refractivity contribution is -0.128. The van der Waals surface area contributed by atoms with Gasteiger partial charge in [-0.1, -0.05) is 42.5 Å². The number of piperidine rings is 1. The predicted molar refractivity (Wildman–Crippen MR) is 143 cm³/mol. The van der Waals surface area contributed by atoms with E-state index in [-0.39, 0.29) is 17.9 Å². The van der Waals surface area contributed by atoms with Gasteiger partial charge in [-0.25, -0.2) is 4.79 Å². The monoisotopic (exact) mass is 513 g/mol. The molecule has 38 heavy (non-hydrogen) atoms. The number of benzene rings is 2. The Balaban J connectivity index is 1.24. The summed E-state index contributed by atoms with van der Waals surface area (Å²) in [5, 5.41) is 12.7. The quantitative estimate of drug-likeness (QED) is 0.622. The maximum Gasteiger partial charge on any atom is 0.411 e. The number of nitrogens with zero attached hydrogens (tertiary/aromatic N) is 2. The summed E-state index contributed by atoms with van der Waals surface area (Å²) in [5.41, 5.74) is 4.84. The van der Waals surface area contributed by atoms with Crippen LogP contribution in [0.2, 0.25) is 0 Å². The van der Waals surface area contributed by atoms with Gasteiger partial charge in [0.1, 0.15) is 23.5 Å². The predicted octanol–water partition coefficient (Wildman–Crippen LogP) is 4.75. The molecule has 1 saturated heterocycles. The van der Waals surface area contributed by atoms with Crippen molar-refractivity contribution in [2.24, 2.45) is 5.92 Å².